The SMILES string of the molecule is CC(O)c1ccc(OC(COCF)(OCF)OCF)cc1. The van der Waals surface area contributed by atoms with Crippen molar-refractivity contribution in [2.45, 2.75) is 19.0 Å². The number of hydrogen-bond acceptors (Lipinski definition) is 5. The third-order valence-electron chi connectivity index (χ3n) is 2.54. The van der Waals surface area contributed by atoms with E-state index in [1.807, 2.05) is 0 Å². The Morgan fingerprint density at radius 1 is 1.05 bits per heavy atom. The number of halogens is 3. The van der Waals surface area contributed by atoms with Gasteiger partial charge in [0.05, 0.1) is 6.10 Å². The van der Waals surface area contributed by atoms with Crippen molar-refractivity contribution in [3.05, 3.63) is 29.8 Å². The largest absolute Gasteiger partial charge is 0.437 e. The lowest BCUT2D eigenvalue weighted by molar-refractivity contribution is -0.379. The molecule has 21 heavy (non-hydrogen) atoms. The summed E-state index contributed by atoms with van der Waals surface area (Å²) in [6, 6.07) is 5.97. The zero-order valence-electron chi connectivity index (χ0n) is 11.4. The van der Waals surface area contributed by atoms with Crippen LogP contribution in [0.15, 0.2) is 24.3 Å². The van der Waals surface area contributed by atoms with Crippen LogP contribution in [-0.4, -0.2) is 38.3 Å². The monoisotopic (exact) mass is 310 g/mol. The van der Waals surface area contributed by atoms with Gasteiger partial charge in [0, 0.05) is 0 Å². The third-order valence-corrected chi connectivity index (χ3v) is 2.54. The lowest BCUT2D eigenvalue weighted by Crippen LogP contribution is -2.46. The van der Waals surface area contributed by atoms with E-state index in [9.17, 15) is 18.3 Å². The van der Waals surface area contributed by atoms with E-state index in [1.54, 1.807) is 19.1 Å². The Morgan fingerprint density at radius 3 is 2.05 bits per heavy atom. The van der Waals surface area contributed by atoms with Gasteiger partial charge >= 0.3 is 5.97 Å². The molecule has 0 spiro atoms. The van der Waals surface area contributed by atoms with Gasteiger partial charge in [0.25, 0.3) is 0 Å². The molecule has 1 aromatic carbocycles. The van der Waals surface area contributed by atoms with Crippen LogP contribution in [0.25, 0.3) is 0 Å². The van der Waals surface area contributed by atoms with Crippen molar-refractivity contribution >= 4 is 0 Å². The molecule has 1 aromatic rings. The highest BCUT2D eigenvalue weighted by molar-refractivity contribution is 5.28. The molecule has 0 aliphatic heterocycles. The quantitative estimate of drug-likeness (QED) is 0.673. The standard InChI is InChI=1S/C13H17F3O5/c1-10(17)11-2-4-12(5-3-11)21-13(19-8-15,20-9-16)6-18-7-14/h2-5,10,17H,6-9H2,1H3. The first-order valence-corrected chi connectivity index (χ1v) is 6.07. The Balaban J connectivity index is 2.86. The van der Waals surface area contributed by atoms with Crippen LogP contribution < -0.4 is 4.74 Å². The molecule has 0 heterocycles. The van der Waals surface area contributed by atoms with Gasteiger partial charge in [0.15, 0.2) is 20.6 Å². The van der Waals surface area contributed by atoms with Crippen molar-refractivity contribution < 1.29 is 37.2 Å². The lowest BCUT2D eigenvalue weighted by atomic mass is 10.1. The topological polar surface area (TPSA) is 57.2 Å². The van der Waals surface area contributed by atoms with E-state index in [1.165, 1.54) is 12.1 Å². The van der Waals surface area contributed by atoms with Gasteiger partial charge in [-0.2, -0.15) is 0 Å². The van der Waals surface area contributed by atoms with Crippen LogP contribution >= 0.6 is 0 Å². The zero-order chi connectivity index (χ0) is 15.7. The number of aliphatic hydroxyl groups excluding tert-OH is 1. The van der Waals surface area contributed by atoms with Crippen molar-refractivity contribution in [1.29, 1.82) is 0 Å². The molecule has 8 heteroatoms. The smallest absolute Gasteiger partial charge is 0.356 e. The molecule has 120 valence electrons. The number of hydrogen-bond donors (Lipinski definition) is 1. The van der Waals surface area contributed by atoms with Gasteiger partial charge < -0.3 is 14.6 Å². The van der Waals surface area contributed by atoms with E-state index in [0.717, 1.165) is 0 Å². The molecule has 5 nitrogen and oxygen atoms in total. The highest BCUT2D eigenvalue weighted by Gasteiger charge is 2.36. The second kappa shape index (κ2) is 8.83. The molecule has 1 N–H and O–H groups in total. The summed E-state index contributed by atoms with van der Waals surface area (Å²) in [5.74, 6) is -2.09. The average molecular weight is 310 g/mol. The van der Waals surface area contributed by atoms with E-state index in [0.29, 0.717) is 5.56 Å². The van der Waals surface area contributed by atoms with Gasteiger partial charge in [0.1, 0.15) is 12.4 Å². The van der Waals surface area contributed by atoms with Crippen molar-refractivity contribution in [3.8, 4) is 5.75 Å². The Labute approximate surface area is 120 Å². The average Bonchev–Trinajstić information content (AvgIpc) is 2.46. The zero-order valence-corrected chi connectivity index (χ0v) is 11.4. The summed E-state index contributed by atoms with van der Waals surface area (Å²) < 4.78 is 55.7. The Bertz CT molecular complexity index is 393. The Hall–Kier alpha value is -1.35. The second-order valence-corrected chi connectivity index (χ2v) is 3.99. The van der Waals surface area contributed by atoms with Gasteiger partial charge in [0.2, 0.25) is 0 Å². The van der Waals surface area contributed by atoms with E-state index in [2.05, 4.69) is 14.2 Å². The number of aliphatic hydroxyl groups is 1. The van der Waals surface area contributed by atoms with Gasteiger partial charge in [-0.25, -0.2) is 13.2 Å². The fourth-order valence-electron chi connectivity index (χ4n) is 1.54. The van der Waals surface area contributed by atoms with Crippen LogP contribution in [0.2, 0.25) is 0 Å². The molecule has 0 bridgehead atoms. The van der Waals surface area contributed by atoms with Crippen molar-refractivity contribution in [3.63, 3.8) is 0 Å². The van der Waals surface area contributed by atoms with Crippen LogP contribution in [0.1, 0.15) is 18.6 Å². The molecule has 0 saturated carbocycles. The fraction of sp³-hybridized carbons (Fsp3) is 0.538. The Morgan fingerprint density at radius 2 is 1.62 bits per heavy atom. The first-order valence-electron chi connectivity index (χ1n) is 6.07. The number of alkyl halides is 3. The summed E-state index contributed by atoms with van der Waals surface area (Å²) in [4.78, 5) is 0. The molecule has 0 amide bonds. The van der Waals surface area contributed by atoms with Gasteiger partial charge in [-0.1, -0.05) is 12.1 Å². The van der Waals surface area contributed by atoms with Crippen LogP contribution in [0.4, 0.5) is 13.2 Å². The number of benzene rings is 1. The maximum atomic E-state index is 12.4. The first-order chi connectivity index (χ1) is 10.1. The molecule has 0 radical (unpaired) electrons. The lowest BCUT2D eigenvalue weighted by Gasteiger charge is -2.30. The van der Waals surface area contributed by atoms with Gasteiger partial charge in [-0.15, -0.1) is 0 Å². The van der Waals surface area contributed by atoms with Crippen LogP contribution in [-0.2, 0) is 14.2 Å². The number of rotatable bonds is 10. The molecule has 0 saturated heterocycles. The maximum absolute atomic E-state index is 12.4. The van der Waals surface area contributed by atoms with E-state index < -0.39 is 39.3 Å². The van der Waals surface area contributed by atoms with E-state index >= 15 is 0 Å². The molecule has 1 unspecified atom stereocenters. The second-order valence-electron chi connectivity index (χ2n) is 3.99. The van der Waals surface area contributed by atoms with Crippen molar-refractivity contribution in [2.75, 3.05) is 27.2 Å². The predicted octanol–water partition coefficient (Wildman–Crippen LogP) is 2.60. The van der Waals surface area contributed by atoms with Gasteiger partial charge in [-0.05, 0) is 24.6 Å². The molecule has 1 atom stereocenters. The molecule has 1 rings (SSSR count). The summed E-state index contributed by atoms with van der Waals surface area (Å²) in [5, 5.41) is 9.38. The predicted molar refractivity (Wildman–Crippen MR) is 66.5 cm³/mol. The highest BCUT2D eigenvalue weighted by Crippen LogP contribution is 2.24. The minimum atomic E-state index is -2.23. The van der Waals surface area contributed by atoms with E-state index in [-0.39, 0.29) is 5.75 Å². The molecular weight excluding hydrogens is 293 g/mol. The third kappa shape index (κ3) is 5.50. The number of ether oxygens (including phenoxy) is 4. The molecular formula is C13H17F3O5. The summed E-state index contributed by atoms with van der Waals surface area (Å²) in [7, 11) is 0. The molecule has 0 aliphatic carbocycles. The Kier molecular flexibility index (Phi) is 7.44. The minimum Gasteiger partial charge on any atom is -0.437 e. The summed E-state index contributed by atoms with van der Waals surface area (Å²) >= 11 is 0. The van der Waals surface area contributed by atoms with Crippen molar-refractivity contribution in [2.24, 2.45) is 0 Å². The summed E-state index contributed by atoms with van der Waals surface area (Å²) in [6.07, 6.45) is -0.678. The molecule has 0 aromatic heterocycles. The fourth-order valence-corrected chi connectivity index (χ4v) is 1.54. The molecule has 0 fully saturated rings. The normalized spacial score (nSPS) is 13.2. The van der Waals surface area contributed by atoms with Crippen LogP contribution in [0.5, 0.6) is 5.75 Å². The minimum absolute atomic E-state index is 0.142. The van der Waals surface area contributed by atoms with Crippen molar-refractivity contribution in [1.82, 2.24) is 0 Å². The van der Waals surface area contributed by atoms with Crippen LogP contribution in [0, 0.1) is 0 Å². The first kappa shape index (κ1) is 17.7. The van der Waals surface area contributed by atoms with Gasteiger partial charge in [-0.3, -0.25) is 9.47 Å². The molecule has 0 aliphatic rings. The van der Waals surface area contributed by atoms with E-state index in [4.69, 9.17) is 4.74 Å². The summed E-state index contributed by atoms with van der Waals surface area (Å²) in [6.45, 7) is -2.98. The maximum Gasteiger partial charge on any atom is 0.356 e. The highest BCUT2D eigenvalue weighted by atomic mass is 19.1. The van der Waals surface area contributed by atoms with Crippen LogP contribution in [0.3, 0.4) is 0 Å². The summed E-state index contributed by atoms with van der Waals surface area (Å²) in [5.41, 5.74) is 0.616.